The maximum Gasteiger partial charge on any atom is 0.269 e. The van der Waals surface area contributed by atoms with Gasteiger partial charge < -0.3 is 5.32 Å². The molecule has 0 radical (unpaired) electrons. The summed E-state index contributed by atoms with van der Waals surface area (Å²) in [7, 11) is 0. The Balaban J connectivity index is 1.32. The average Bonchev–Trinajstić information content (AvgIpc) is 3.25. The Morgan fingerprint density at radius 1 is 0.969 bits per heavy atom. The molecule has 9 nitrogen and oxygen atoms in total. The van der Waals surface area contributed by atoms with Gasteiger partial charge in [-0.3, -0.25) is 25.0 Å². The first-order chi connectivity index (χ1) is 15.5. The highest BCUT2D eigenvalue weighted by Gasteiger charge is 2.14. The van der Waals surface area contributed by atoms with Crippen molar-refractivity contribution < 1.29 is 14.5 Å². The zero-order valence-corrected chi connectivity index (χ0v) is 18.0. The third kappa shape index (κ3) is 5.07. The molecule has 3 aromatic carbocycles. The van der Waals surface area contributed by atoms with Gasteiger partial charge in [0.1, 0.15) is 0 Å². The minimum atomic E-state index is -0.535. The van der Waals surface area contributed by atoms with E-state index in [0.29, 0.717) is 4.34 Å². The lowest BCUT2D eigenvalue weighted by molar-refractivity contribution is -0.384. The fourth-order valence-corrected chi connectivity index (χ4v) is 4.42. The van der Waals surface area contributed by atoms with Crippen molar-refractivity contribution in [2.45, 2.75) is 4.34 Å². The van der Waals surface area contributed by atoms with Crippen molar-refractivity contribution in [3.8, 4) is 0 Å². The van der Waals surface area contributed by atoms with Gasteiger partial charge in [0, 0.05) is 28.8 Å². The Hall–Kier alpha value is -3.83. The fourth-order valence-electron chi connectivity index (χ4n) is 2.87. The number of carbonyl (C=O) groups is 2. The standard InChI is InChI=1S/C21H15N5O4S2/c27-18(22-17-7-3-5-13-4-1-2-6-16(13)17)12-31-21-25-24-20(32-21)23-19(28)14-8-10-15(11-9-14)26(29)30/h1-11H,12H2,(H,22,27)(H,23,24,28). The van der Waals surface area contributed by atoms with Gasteiger partial charge in [-0.15, -0.1) is 10.2 Å². The van der Waals surface area contributed by atoms with Crippen molar-refractivity contribution in [2.24, 2.45) is 0 Å². The predicted octanol–water partition coefficient (Wildman–Crippen LogP) is 4.58. The SMILES string of the molecule is O=C(CSc1nnc(NC(=O)c2ccc([N+](=O)[O-])cc2)s1)Nc1cccc2ccccc12. The molecule has 0 aliphatic rings. The van der Waals surface area contributed by atoms with Crippen molar-refractivity contribution in [2.75, 3.05) is 16.4 Å². The maximum atomic E-state index is 12.4. The number of rotatable bonds is 7. The zero-order chi connectivity index (χ0) is 22.5. The van der Waals surface area contributed by atoms with E-state index in [4.69, 9.17) is 0 Å². The monoisotopic (exact) mass is 465 g/mol. The minimum Gasteiger partial charge on any atom is -0.325 e. The van der Waals surface area contributed by atoms with Crippen LogP contribution < -0.4 is 10.6 Å². The Morgan fingerprint density at radius 3 is 2.50 bits per heavy atom. The number of amides is 2. The van der Waals surface area contributed by atoms with Gasteiger partial charge in [0.05, 0.1) is 10.7 Å². The molecule has 0 atom stereocenters. The Morgan fingerprint density at radius 2 is 1.72 bits per heavy atom. The normalized spacial score (nSPS) is 10.6. The van der Waals surface area contributed by atoms with Crippen molar-refractivity contribution >= 4 is 62.2 Å². The van der Waals surface area contributed by atoms with Crippen molar-refractivity contribution in [1.82, 2.24) is 10.2 Å². The van der Waals surface area contributed by atoms with E-state index >= 15 is 0 Å². The number of hydrogen-bond donors (Lipinski definition) is 2. The van der Waals surface area contributed by atoms with E-state index in [-0.39, 0.29) is 28.0 Å². The van der Waals surface area contributed by atoms with E-state index in [1.165, 1.54) is 36.0 Å². The highest BCUT2D eigenvalue weighted by atomic mass is 32.2. The van der Waals surface area contributed by atoms with Crippen LogP contribution in [-0.4, -0.2) is 32.7 Å². The van der Waals surface area contributed by atoms with Crippen LogP contribution in [0.25, 0.3) is 10.8 Å². The van der Waals surface area contributed by atoms with Crippen LogP contribution in [0.5, 0.6) is 0 Å². The van der Waals surface area contributed by atoms with Gasteiger partial charge in [0.2, 0.25) is 11.0 Å². The molecule has 0 fully saturated rings. The number of hydrogen-bond acceptors (Lipinski definition) is 8. The van der Waals surface area contributed by atoms with Gasteiger partial charge >= 0.3 is 0 Å². The van der Waals surface area contributed by atoms with E-state index in [2.05, 4.69) is 20.8 Å². The molecule has 0 aliphatic carbocycles. The topological polar surface area (TPSA) is 127 Å². The third-order valence-electron chi connectivity index (χ3n) is 4.36. The fraction of sp³-hybridized carbons (Fsp3) is 0.0476. The second-order valence-corrected chi connectivity index (χ2v) is 8.69. The van der Waals surface area contributed by atoms with Crippen LogP contribution >= 0.6 is 23.1 Å². The summed E-state index contributed by atoms with van der Waals surface area (Å²) in [6.07, 6.45) is 0. The number of nitrogens with one attached hydrogen (secondary N) is 2. The molecule has 0 saturated carbocycles. The summed E-state index contributed by atoms with van der Waals surface area (Å²) in [6, 6.07) is 18.7. The summed E-state index contributed by atoms with van der Waals surface area (Å²) in [5, 5.41) is 26.4. The molecule has 0 bridgehead atoms. The van der Waals surface area contributed by atoms with E-state index in [0.717, 1.165) is 27.8 Å². The Bertz CT molecular complexity index is 1300. The zero-order valence-electron chi connectivity index (χ0n) is 16.3. The number of carbonyl (C=O) groups excluding carboxylic acids is 2. The smallest absolute Gasteiger partial charge is 0.269 e. The number of aromatic nitrogens is 2. The highest BCUT2D eigenvalue weighted by Crippen LogP contribution is 2.27. The number of non-ortho nitro benzene ring substituents is 1. The first-order valence-electron chi connectivity index (χ1n) is 9.29. The van der Waals surface area contributed by atoms with E-state index in [1.807, 2.05) is 42.5 Å². The third-order valence-corrected chi connectivity index (χ3v) is 6.33. The number of fused-ring (bicyclic) bond motifs is 1. The summed E-state index contributed by atoms with van der Waals surface area (Å²) < 4.78 is 0.525. The summed E-state index contributed by atoms with van der Waals surface area (Å²) in [4.78, 5) is 34.8. The molecule has 4 rings (SSSR count). The summed E-state index contributed by atoms with van der Waals surface area (Å²) in [6.45, 7) is 0. The maximum absolute atomic E-state index is 12.4. The van der Waals surface area contributed by atoms with Crippen LogP contribution in [-0.2, 0) is 4.79 Å². The second kappa shape index (κ2) is 9.54. The molecule has 0 spiro atoms. The van der Waals surface area contributed by atoms with Crippen LogP contribution in [0.15, 0.2) is 71.1 Å². The second-order valence-electron chi connectivity index (χ2n) is 6.49. The number of anilines is 2. The first-order valence-corrected chi connectivity index (χ1v) is 11.1. The van der Waals surface area contributed by atoms with Gasteiger partial charge in [-0.2, -0.15) is 0 Å². The largest absolute Gasteiger partial charge is 0.325 e. The predicted molar refractivity (Wildman–Crippen MR) is 124 cm³/mol. The van der Waals surface area contributed by atoms with E-state index in [9.17, 15) is 19.7 Å². The molecule has 160 valence electrons. The Kier molecular flexibility index (Phi) is 6.38. The lowest BCUT2D eigenvalue weighted by Gasteiger charge is -2.08. The molecular formula is C21H15N5O4S2. The summed E-state index contributed by atoms with van der Waals surface area (Å²) in [5.41, 5.74) is 0.898. The quantitative estimate of drug-likeness (QED) is 0.177. The highest BCUT2D eigenvalue weighted by molar-refractivity contribution is 8.01. The van der Waals surface area contributed by atoms with E-state index in [1.54, 1.807) is 0 Å². The minimum absolute atomic E-state index is 0.0991. The number of nitrogens with zero attached hydrogens (tertiary/aromatic N) is 3. The number of nitro benzene ring substituents is 1. The average molecular weight is 466 g/mol. The molecule has 0 saturated heterocycles. The van der Waals surface area contributed by atoms with Crippen LogP contribution in [0.3, 0.4) is 0 Å². The van der Waals surface area contributed by atoms with Crippen LogP contribution in [0.1, 0.15) is 10.4 Å². The molecule has 32 heavy (non-hydrogen) atoms. The van der Waals surface area contributed by atoms with Crippen LogP contribution in [0.2, 0.25) is 0 Å². The number of nitro groups is 1. The summed E-state index contributed by atoms with van der Waals surface area (Å²) in [5.74, 6) is -0.506. The molecule has 1 heterocycles. The molecule has 4 aromatic rings. The lowest BCUT2D eigenvalue weighted by Crippen LogP contribution is -2.14. The van der Waals surface area contributed by atoms with Gasteiger partial charge in [0.25, 0.3) is 11.6 Å². The molecule has 1 aromatic heterocycles. The molecule has 0 unspecified atom stereocenters. The molecule has 11 heteroatoms. The number of benzene rings is 3. The lowest BCUT2D eigenvalue weighted by atomic mass is 10.1. The van der Waals surface area contributed by atoms with Gasteiger partial charge in [0.15, 0.2) is 4.34 Å². The summed E-state index contributed by atoms with van der Waals surface area (Å²) >= 11 is 2.34. The Labute approximate surface area is 190 Å². The molecule has 2 amide bonds. The van der Waals surface area contributed by atoms with Gasteiger partial charge in [-0.25, -0.2) is 0 Å². The number of thioether (sulfide) groups is 1. The molecule has 2 N–H and O–H groups in total. The van der Waals surface area contributed by atoms with Crippen molar-refractivity contribution in [1.29, 1.82) is 0 Å². The molecule has 0 aliphatic heterocycles. The van der Waals surface area contributed by atoms with Crippen molar-refractivity contribution in [3.05, 3.63) is 82.4 Å². The van der Waals surface area contributed by atoms with Crippen LogP contribution in [0.4, 0.5) is 16.5 Å². The molecular weight excluding hydrogens is 450 g/mol. The van der Waals surface area contributed by atoms with Gasteiger partial charge in [-0.1, -0.05) is 59.5 Å². The van der Waals surface area contributed by atoms with Gasteiger partial charge in [-0.05, 0) is 23.6 Å². The van der Waals surface area contributed by atoms with E-state index < -0.39 is 10.8 Å². The first kappa shape index (κ1) is 21.4. The van der Waals surface area contributed by atoms with Crippen molar-refractivity contribution in [3.63, 3.8) is 0 Å². The van der Waals surface area contributed by atoms with Crippen LogP contribution in [0, 0.1) is 10.1 Å².